The lowest BCUT2D eigenvalue weighted by atomic mass is 9.77. The van der Waals surface area contributed by atoms with Crippen molar-refractivity contribution >= 4 is 35.0 Å². The highest BCUT2D eigenvalue weighted by Gasteiger charge is 2.42. The van der Waals surface area contributed by atoms with Crippen LogP contribution in [0.5, 0.6) is 0 Å². The summed E-state index contributed by atoms with van der Waals surface area (Å²) < 4.78 is 15.8. The molecule has 1 amide bonds. The topological polar surface area (TPSA) is 95.0 Å². The minimum absolute atomic E-state index is 0.325. The van der Waals surface area contributed by atoms with E-state index in [-0.39, 0.29) is 18.0 Å². The maximum Gasteiger partial charge on any atom is 0.410 e. The number of pyridine rings is 1. The van der Waals surface area contributed by atoms with Gasteiger partial charge in [0.25, 0.3) is 0 Å². The van der Waals surface area contributed by atoms with Gasteiger partial charge in [-0.3, -0.25) is 9.59 Å². The molecule has 3 rings (SSSR count). The number of ether oxygens (including phenoxy) is 3. The predicted octanol–water partition coefficient (Wildman–Crippen LogP) is 5.06. The molecule has 1 atom stereocenters. The summed E-state index contributed by atoms with van der Waals surface area (Å²) in [4.78, 5) is 42.8. The average molecular weight is 483 g/mol. The van der Waals surface area contributed by atoms with E-state index in [0.29, 0.717) is 31.6 Å². The first-order valence-corrected chi connectivity index (χ1v) is 11.8. The zero-order valence-electron chi connectivity index (χ0n) is 21.3. The van der Waals surface area contributed by atoms with Gasteiger partial charge < -0.3 is 19.1 Å². The van der Waals surface area contributed by atoms with E-state index in [1.54, 1.807) is 11.8 Å². The van der Waals surface area contributed by atoms with E-state index in [1.165, 1.54) is 14.0 Å². The molecule has 188 valence electrons. The zero-order chi connectivity index (χ0) is 25.8. The number of amides is 1. The molecular weight excluding hydrogens is 448 g/mol. The summed E-state index contributed by atoms with van der Waals surface area (Å²) in [6.07, 6.45) is 3.81. The normalized spacial score (nSPS) is 16.7. The molecule has 0 bridgehead atoms. The Kier molecular flexibility index (Phi) is 7.83. The number of rotatable bonds is 5. The Morgan fingerprint density at radius 1 is 1.11 bits per heavy atom. The van der Waals surface area contributed by atoms with E-state index in [4.69, 9.17) is 14.2 Å². The summed E-state index contributed by atoms with van der Waals surface area (Å²) in [6.45, 7) is 9.42. The molecule has 2 aromatic rings. The van der Waals surface area contributed by atoms with Gasteiger partial charge in [0.1, 0.15) is 11.7 Å². The minimum Gasteiger partial charge on any atom is -0.468 e. The van der Waals surface area contributed by atoms with Gasteiger partial charge >= 0.3 is 18.0 Å². The number of esters is 2. The van der Waals surface area contributed by atoms with Crippen LogP contribution >= 0.6 is 0 Å². The SMILES string of the molecule is COC(=O)C1(C=Cc2ccc3ccc(C(C)OC(C)=O)nc3c2)CCN(C(=O)OC(C)(C)C)CC1. The summed E-state index contributed by atoms with van der Waals surface area (Å²) in [5.41, 5.74) is 0.889. The highest BCUT2D eigenvalue weighted by atomic mass is 16.6. The number of likely N-dealkylation sites (tertiary alicyclic amines) is 1. The molecule has 0 radical (unpaired) electrons. The van der Waals surface area contributed by atoms with Crippen LogP contribution in [0.15, 0.2) is 36.4 Å². The lowest BCUT2D eigenvalue weighted by Gasteiger charge is -2.38. The summed E-state index contributed by atoms with van der Waals surface area (Å²) in [6, 6.07) is 9.62. The fourth-order valence-electron chi connectivity index (χ4n) is 4.10. The number of piperidine rings is 1. The second-order valence-electron chi connectivity index (χ2n) is 9.89. The third kappa shape index (κ3) is 6.59. The van der Waals surface area contributed by atoms with Crippen LogP contribution in [0.2, 0.25) is 0 Å². The van der Waals surface area contributed by atoms with Crippen molar-refractivity contribution in [1.82, 2.24) is 9.88 Å². The maximum atomic E-state index is 12.8. The molecule has 0 aliphatic carbocycles. The smallest absolute Gasteiger partial charge is 0.410 e. The molecule has 1 aromatic carbocycles. The lowest BCUT2D eigenvalue weighted by Crippen LogP contribution is -2.47. The first-order valence-electron chi connectivity index (χ1n) is 11.8. The average Bonchev–Trinajstić information content (AvgIpc) is 2.80. The lowest BCUT2D eigenvalue weighted by molar-refractivity contribution is -0.152. The Labute approximate surface area is 206 Å². The van der Waals surface area contributed by atoms with E-state index in [2.05, 4.69) is 4.98 Å². The standard InChI is InChI=1S/C27H34N2O6/c1-18(34-19(2)30)22-10-9-21-8-7-20(17-23(21)28-22)11-12-27(24(31)33-6)13-15-29(16-14-27)25(32)35-26(3,4)5/h7-12,17-18H,13-16H2,1-6H3. The Balaban J connectivity index is 1.80. The number of hydrogen-bond acceptors (Lipinski definition) is 7. The van der Waals surface area contributed by atoms with E-state index in [9.17, 15) is 14.4 Å². The summed E-state index contributed by atoms with van der Waals surface area (Å²) in [5.74, 6) is -0.684. The van der Waals surface area contributed by atoms with Crippen molar-refractivity contribution in [1.29, 1.82) is 0 Å². The van der Waals surface area contributed by atoms with E-state index in [1.807, 2.05) is 63.3 Å². The fourth-order valence-corrected chi connectivity index (χ4v) is 4.10. The molecule has 1 aromatic heterocycles. The van der Waals surface area contributed by atoms with E-state index in [0.717, 1.165) is 16.5 Å². The zero-order valence-corrected chi connectivity index (χ0v) is 21.3. The van der Waals surface area contributed by atoms with Crippen LogP contribution in [0, 0.1) is 5.41 Å². The van der Waals surface area contributed by atoms with E-state index < -0.39 is 17.1 Å². The van der Waals surface area contributed by atoms with Crippen molar-refractivity contribution < 1.29 is 28.6 Å². The van der Waals surface area contributed by atoms with E-state index >= 15 is 0 Å². The predicted molar refractivity (Wildman–Crippen MR) is 132 cm³/mol. The first-order chi connectivity index (χ1) is 16.4. The Morgan fingerprint density at radius 2 is 1.77 bits per heavy atom. The monoisotopic (exact) mass is 482 g/mol. The molecule has 0 spiro atoms. The van der Waals surface area contributed by atoms with Gasteiger partial charge in [-0.15, -0.1) is 0 Å². The molecule has 1 saturated heterocycles. The third-order valence-electron chi connectivity index (χ3n) is 5.99. The van der Waals surface area contributed by atoms with Crippen LogP contribution in [-0.4, -0.2) is 53.7 Å². The van der Waals surface area contributed by atoms with Crippen molar-refractivity contribution in [3.63, 3.8) is 0 Å². The first kappa shape index (κ1) is 26.2. The number of aromatic nitrogens is 1. The van der Waals surface area contributed by atoms with Crippen LogP contribution in [0.3, 0.4) is 0 Å². The highest BCUT2D eigenvalue weighted by Crippen LogP contribution is 2.36. The number of fused-ring (bicyclic) bond motifs is 1. The fraction of sp³-hybridized carbons (Fsp3) is 0.481. The third-order valence-corrected chi connectivity index (χ3v) is 5.99. The van der Waals surface area contributed by atoms with Crippen molar-refractivity contribution in [2.45, 2.75) is 59.2 Å². The number of methoxy groups -OCH3 is 1. The highest BCUT2D eigenvalue weighted by molar-refractivity contribution is 5.84. The minimum atomic E-state index is -0.832. The van der Waals surface area contributed by atoms with Gasteiger partial charge in [0.05, 0.1) is 23.7 Å². The molecule has 35 heavy (non-hydrogen) atoms. The Morgan fingerprint density at radius 3 is 2.37 bits per heavy atom. The molecule has 1 aliphatic rings. The van der Waals surface area contributed by atoms with Gasteiger partial charge in [-0.2, -0.15) is 0 Å². The molecule has 1 fully saturated rings. The quantitative estimate of drug-likeness (QED) is 0.434. The largest absolute Gasteiger partial charge is 0.468 e. The second kappa shape index (κ2) is 10.5. The van der Waals surface area contributed by atoms with Crippen LogP contribution in [-0.2, 0) is 23.8 Å². The maximum absolute atomic E-state index is 12.8. The van der Waals surface area contributed by atoms with Crippen molar-refractivity contribution in [3.8, 4) is 0 Å². The summed E-state index contributed by atoms with van der Waals surface area (Å²) in [7, 11) is 1.38. The van der Waals surface area contributed by atoms with Crippen molar-refractivity contribution in [3.05, 3.63) is 47.7 Å². The molecule has 0 saturated carbocycles. The Bertz CT molecular complexity index is 1130. The van der Waals surface area contributed by atoms with Crippen molar-refractivity contribution in [2.24, 2.45) is 5.41 Å². The van der Waals surface area contributed by atoms with Gasteiger partial charge in [0, 0.05) is 25.4 Å². The molecular formula is C27H34N2O6. The number of nitrogens with zero attached hydrogens (tertiary/aromatic N) is 2. The van der Waals surface area contributed by atoms with Crippen molar-refractivity contribution in [2.75, 3.05) is 20.2 Å². The summed E-state index contributed by atoms with van der Waals surface area (Å²) in [5, 5.41) is 0.953. The van der Waals surface area contributed by atoms with Crippen LogP contribution in [0.1, 0.15) is 64.8 Å². The molecule has 0 N–H and O–H groups in total. The molecule has 8 heteroatoms. The number of benzene rings is 1. The van der Waals surface area contributed by atoms with Gasteiger partial charge in [0.15, 0.2) is 0 Å². The van der Waals surface area contributed by atoms with Gasteiger partial charge in [-0.25, -0.2) is 9.78 Å². The summed E-state index contributed by atoms with van der Waals surface area (Å²) >= 11 is 0. The van der Waals surface area contributed by atoms with Gasteiger partial charge in [-0.05, 0) is 58.2 Å². The van der Waals surface area contributed by atoms with Gasteiger partial charge in [-0.1, -0.05) is 30.4 Å². The van der Waals surface area contributed by atoms with Crippen LogP contribution in [0.25, 0.3) is 17.0 Å². The number of hydrogen-bond donors (Lipinski definition) is 0. The second-order valence-corrected chi connectivity index (χ2v) is 9.89. The van der Waals surface area contributed by atoms with Crippen LogP contribution < -0.4 is 0 Å². The van der Waals surface area contributed by atoms with Crippen LogP contribution in [0.4, 0.5) is 4.79 Å². The molecule has 8 nitrogen and oxygen atoms in total. The number of carbonyl (C=O) groups excluding carboxylic acids is 3. The molecule has 1 aliphatic heterocycles. The Hall–Kier alpha value is -3.42. The van der Waals surface area contributed by atoms with Gasteiger partial charge in [0.2, 0.25) is 0 Å². The number of carbonyl (C=O) groups is 3. The molecule has 2 heterocycles. The molecule has 1 unspecified atom stereocenters.